The molecule has 3 N–H and O–H groups in total. The molecule has 1 aromatic heterocycles. The van der Waals surface area contributed by atoms with Gasteiger partial charge in [0.05, 0.1) is 0 Å². The Morgan fingerprint density at radius 2 is 1.78 bits per heavy atom. The molecule has 3 aromatic carbocycles. The zero-order chi connectivity index (χ0) is 22.5. The highest BCUT2D eigenvalue weighted by molar-refractivity contribution is 14.1. The van der Waals surface area contributed by atoms with Crippen molar-refractivity contribution in [2.75, 3.05) is 5.32 Å². The van der Waals surface area contributed by atoms with Crippen molar-refractivity contribution >= 4 is 51.2 Å². The van der Waals surface area contributed by atoms with Gasteiger partial charge in [-0.2, -0.15) is 0 Å². The fourth-order valence-electron chi connectivity index (χ4n) is 3.48. The first-order valence-corrected chi connectivity index (χ1v) is 11.2. The molecule has 1 heterocycles. The standard InChI is InChI=1S/C25H22IN3O3/c1-16-13-18(26)11-12-21(16)28-24(30)23(29-25(31)32-19-7-3-2-4-8-19)14-17-15-27-22-10-6-5-9-20(17)22/h2-13,15,23,27H,14H2,1H3,(H,28,30)(H,29,31)/t23-/m0/s1. The van der Waals surface area contributed by atoms with Gasteiger partial charge in [-0.1, -0.05) is 36.4 Å². The fourth-order valence-corrected chi connectivity index (χ4v) is 4.13. The van der Waals surface area contributed by atoms with E-state index in [2.05, 4.69) is 38.2 Å². The number of aryl methyl sites for hydroxylation is 1. The lowest BCUT2D eigenvalue weighted by atomic mass is 10.0. The van der Waals surface area contributed by atoms with E-state index in [1.807, 2.05) is 61.7 Å². The van der Waals surface area contributed by atoms with E-state index >= 15 is 0 Å². The molecule has 4 aromatic rings. The third-order valence-corrected chi connectivity index (χ3v) is 5.78. The number of fused-ring (bicyclic) bond motifs is 1. The molecule has 7 heteroatoms. The molecule has 1 atom stereocenters. The van der Waals surface area contributed by atoms with Crippen LogP contribution >= 0.6 is 22.6 Å². The number of rotatable bonds is 6. The van der Waals surface area contributed by atoms with Crippen LogP contribution in [0.15, 0.2) is 79.0 Å². The van der Waals surface area contributed by atoms with Gasteiger partial charge < -0.3 is 20.4 Å². The second-order valence-corrected chi connectivity index (χ2v) is 8.66. The number of halogens is 1. The summed E-state index contributed by atoms with van der Waals surface area (Å²) < 4.78 is 6.43. The third-order valence-electron chi connectivity index (χ3n) is 5.11. The van der Waals surface area contributed by atoms with E-state index < -0.39 is 12.1 Å². The van der Waals surface area contributed by atoms with Crippen molar-refractivity contribution in [1.29, 1.82) is 0 Å². The first-order chi connectivity index (χ1) is 15.5. The minimum absolute atomic E-state index is 0.309. The lowest BCUT2D eigenvalue weighted by Crippen LogP contribution is -2.46. The van der Waals surface area contributed by atoms with Crippen molar-refractivity contribution in [2.24, 2.45) is 0 Å². The Kier molecular flexibility index (Phi) is 6.75. The molecule has 32 heavy (non-hydrogen) atoms. The molecule has 0 fully saturated rings. The highest BCUT2D eigenvalue weighted by atomic mass is 127. The molecule has 0 aliphatic carbocycles. The molecule has 0 unspecified atom stereocenters. The average Bonchev–Trinajstić information content (AvgIpc) is 3.19. The predicted molar refractivity (Wildman–Crippen MR) is 134 cm³/mol. The molecule has 0 bridgehead atoms. The number of carbonyl (C=O) groups excluding carboxylic acids is 2. The summed E-state index contributed by atoms with van der Waals surface area (Å²) in [7, 11) is 0. The highest BCUT2D eigenvalue weighted by Crippen LogP contribution is 2.21. The topological polar surface area (TPSA) is 83.2 Å². The molecule has 0 spiro atoms. The summed E-state index contributed by atoms with van der Waals surface area (Å²) in [5.41, 5.74) is 3.56. The summed E-state index contributed by atoms with van der Waals surface area (Å²) in [5.74, 6) is 0.0920. The SMILES string of the molecule is Cc1cc(I)ccc1NC(=O)[C@H](Cc1c[nH]c2ccccc12)NC(=O)Oc1ccccc1. The van der Waals surface area contributed by atoms with Crippen LogP contribution in [0.25, 0.3) is 10.9 Å². The first kappa shape index (κ1) is 21.9. The molecule has 162 valence electrons. The van der Waals surface area contributed by atoms with Gasteiger partial charge in [0.1, 0.15) is 11.8 Å². The van der Waals surface area contributed by atoms with E-state index in [0.29, 0.717) is 17.9 Å². The molecule has 2 amide bonds. The Bertz CT molecular complexity index is 1250. The van der Waals surface area contributed by atoms with E-state index in [1.54, 1.807) is 24.3 Å². The number of hydrogen-bond donors (Lipinski definition) is 3. The summed E-state index contributed by atoms with van der Waals surface area (Å²) in [6.45, 7) is 1.93. The molecule has 4 rings (SSSR count). The Morgan fingerprint density at radius 3 is 2.56 bits per heavy atom. The lowest BCUT2D eigenvalue weighted by molar-refractivity contribution is -0.118. The van der Waals surface area contributed by atoms with E-state index in [0.717, 1.165) is 25.6 Å². The van der Waals surface area contributed by atoms with Crippen LogP contribution in [0, 0.1) is 10.5 Å². The molecular formula is C25H22IN3O3. The molecular weight excluding hydrogens is 517 g/mol. The minimum atomic E-state index is -0.830. The number of aromatic nitrogens is 1. The second kappa shape index (κ2) is 9.86. The van der Waals surface area contributed by atoms with Crippen LogP contribution in [0.3, 0.4) is 0 Å². The zero-order valence-electron chi connectivity index (χ0n) is 17.4. The molecule has 0 aliphatic heterocycles. The smallest absolute Gasteiger partial charge is 0.410 e. The van der Waals surface area contributed by atoms with Gasteiger partial charge in [-0.05, 0) is 77.0 Å². The van der Waals surface area contributed by atoms with Crippen molar-refractivity contribution in [2.45, 2.75) is 19.4 Å². The van der Waals surface area contributed by atoms with Crippen LogP contribution in [0.1, 0.15) is 11.1 Å². The van der Waals surface area contributed by atoms with Gasteiger partial charge in [-0.15, -0.1) is 0 Å². The van der Waals surface area contributed by atoms with Gasteiger partial charge >= 0.3 is 6.09 Å². The van der Waals surface area contributed by atoms with Crippen LogP contribution < -0.4 is 15.4 Å². The monoisotopic (exact) mass is 539 g/mol. The van der Waals surface area contributed by atoms with Crippen LogP contribution in [0.5, 0.6) is 5.75 Å². The van der Waals surface area contributed by atoms with Crippen molar-refractivity contribution < 1.29 is 14.3 Å². The maximum absolute atomic E-state index is 13.2. The number of hydrogen-bond acceptors (Lipinski definition) is 3. The fraction of sp³-hybridized carbons (Fsp3) is 0.120. The van der Waals surface area contributed by atoms with E-state index in [4.69, 9.17) is 4.74 Å². The third kappa shape index (κ3) is 5.28. The Balaban J connectivity index is 1.56. The predicted octanol–water partition coefficient (Wildman–Crippen LogP) is 5.42. The normalized spacial score (nSPS) is 11.7. The van der Waals surface area contributed by atoms with Crippen LogP contribution in [-0.2, 0) is 11.2 Å². The Labute approximate surface area is 199 Å². The van der Waals surface area contributed by atoms with Gasteiger partial charge in [0.15, 0.2) is 0 Å². The zero-order valence-corrected chi connectivity index (χ0v) is 19.6. The summed E-state index contributed by atoms with van der Waals surface area (Å²) in [6.07, 6.45) is 1.49. The molecule has 6 nitrogen and oxygen atoms in total. The number of amides is 2. The maximum Gasteiger partial charge on any atom is 0.413 e. The largest absolute Gasteiger partial charge is 0.413 e. The van der Waals surface area contributed by atoms with Gasteiger partial charge in [-0.25, -0.2) is 4.79 Å². The molecule has 0 aliphatic rings. The Morgan fingerprint density at radius 1 is 1.03 bits per heavy atom. The van der Waals surface area contributed by atoms with E-state index in [-0.39, 0.29) is 5.91 Å². The number of anilines is 1. The van der Waals surface area contributed by atoms with Crippen LogP contribution in [-0.4, -0.2) is 23.0 Å². The number of ether oxygens (including phenoxy) is 1. The molecule has 0 saturated carbocycles. The number of H-pyrrole nitrogens is 1. The first-order valence-electron chi connectivity index (χ1n) is 10.1. The highest BCUT2D eigenvalue weighted by Gasteiger charge is 2.24. The summed E-state index contributed by atoms with van der Waals surface area (Å²) in [6, 6.07) is 21.6. The summed E-state index contributed by atoms with van der Waals surface area (Å²) >= 11 is 2.23. The summed E-state index contributed by atoms with van der Waals surface area (Å²) in [5, 5.41) is 6.68. The number of benzene rings is 3. The van der Waals surface area contributed by atoms with Gasteiger partial charge in [0, 0.05) is 32.8 Å². The molecule has 0 radical (unpaired) electrons. The van der Waals surface area contributed by atoms with E-state index in [1.165, 1.54) is 0 Å². The average molecular weight is 539 g/mol. The Hall–Kier alpha value is -3.33. The number of nitrogens with one attached hydrogen (secondary N) is 3. The number of aromatic amines is 1. The van der Waals surface area contributed by atoms with Crippen molar-refractivity contribution in [3.05, 3.63) is 93.7 Å². The van der Waals surface area contributed by atoms with Crippen molar-refractivity contribution in [1.82, 2.24) is 10.3 Å². The van der Waals surface area contributed by atoms with Crippen molar-refractivity contribution in [3.63, 3.8) is 0 Å². The van der Waals surface area contributed by atoms with Crippen LogP contribution in [0.2, 0.25) is 0 Å². The molecule has 0 saturated heterocycles. The summed E-state index contributed by atoms with van der Waals surface area (Å²) in [4.78, 5) is 29.0. The van der Waals surface area contributed by atoms with E-state index in [9.17, 15) is 9.59 Å². The van der Waals surface area contributed by atoms with Gasteiger partial charge in [0.25, 0.3) is 0 Å². The second-order valence-electron chi connectivity index (χ2n) is 7.41. The van der Waals surface area contributed by atoms with Gasteiger partial charge in [0.2, 0.25) is 5.91 Å². The minimum Gasteiger partial charge on any atom is -0.410 e. The quantitative estimate of drug-likeness (QED) is 0.286. The van der Waals surface area contributed by atoms with Gasteiger partial charge in [-0.3, -0.25) is 4.79 Å². The number of carbonyl (C=O) groups is 2. The lowest BCUT2D eigenvalue weighted by Gasteiger charge is -2.19. The number of para-hydroxylation sites is 2. The maximum atomic E-state index is 13.2. The van der Waals surface area contributed by atoms with Crippen LogP contribution in [0.4, 0.5) is 10.5 Å². The van der Waals surface area contributed by atoms with Crippen molar-refractivity contribution in [3.8, 4) is 5.75 Å².